The highest BCUT2D eigenvalue weighted by atomic mass is 32.1. The molecule has 1 aliphatic heterocycles. The second-order valence-electron chi connectivity index (χ2n) is 17.0. The van der Waals surface area contributed by atoms with Gasteiger partial charge in [-0.05, 0) is 62.5 Å². The van der Waals surface area contributed by atoms with Crippen molar-refractivity contribution in [3.05, 3.63) is 42.3 Å². The number of carbonyl (C=O) groups is 4. The molecule has 2 aromatic heterocycles. The number of carbonyl (C=O) groups excluding carboxylic acids is 3. The molecule has 3 saturated carbocycles. The van der Waals surface area contributed by atoms with Gasteiger partial charge in [0.2, 0.25) is 11.8 Å². The zero-order chi connectivity index (χ0) is 40.5. The van der Waals surface area contributed by atoms with E-state index in [-0.39, 0.29) is 25.5 Å². The van der Waals surface area contributed by atoms with Gasteiger partial charge in [0.15, 0.2) is 5.13 Å². The van der Waals surface area contributed by atoms with Crippen LogP contribution < -0.4 is 25.4 Å². The van der Waals surface area contributed by atoms with Crippen molar-refractivity contribution in [2.24, 2.45) is 11.3 Å². The topological polar surface area (TPSA) is 181 Å². The van der Waals surface area contributed by atoms with Gasteiger partial charge in [0.1, 0.15) is 47.0 Å². The fourth-order valence-electron chi connectivity index (χ4n) is 8.41. The molecule has 4 fully saturated rings. The summed E-state index contributed by atoms with van der Waals surface area (Å²) in [5.41, 5.74) is -0.401. The molecule has 15 heteroatoms. The summed E-state index contributed by atoms with van der Waals surface area (Å²) >= 11 is 1.52. The molecule has 57 heavy (non-hydrogen) atoms. The summed E-state index contributed by atoms with van der Waals surface area (Å²) in [6, 6.07) is 5.55. The van der Waals surface area contributed by atoms with Gasteiger partial charge in [0, 0.05) is 41.3 Å². The first-order chi connectivity index (χ1) is 27.3. The van der Waals surface area contributed by atoms with Gasteiger partial charge < -0.3 is 40.2 Å². The molecule has 0 spiro atoms. The normalized spacial score (nSPS) is 24.4. The van der Waals surface area contributed by atoms with Gasteiger partial charge in [-0.15, -0.1) is 17.9 Å². The van der Waals surface area contributed by atoms with E-state index in [0.717, 1.165) is 43.7 Å². The number of hydrogen-bond acceptors (Lipinski definition) is 11. The van der Waals surface area contributed by atoms with Crippen LogP contribution in [-0.2, 0) is 19.1 Å². The smallest absolute Gasteiger partial charge is 0.408 e. The van der Waals surface area contributed by atoms with Gasteiger partial charge in [-0.1, -0.05) is 46.1 Å². The molecule has 1 saturated heterocycles. The summed E-state index contributed by atoms with van der Waals surface area (Å²) in [5.74, 6) is -1.64. The standard InChI is InChI=1S/C42H54N6O8S/c1-6-24-21-42(24,38(51)52)47-36(49)33-19-28(22-48(33)37(50)35(41(2,3)4)46-40(53)56-26-14-10-11-15-26)55-34-20-31(44-30-18-27(54-5)16-17-29(30)34)32-23-57-39(45-32)43-25-12-8-7-9-13-25/h6,16-18,20,23-26,28,33,35H,1,7-15,19,21-22H2,2-5H3,(H,43,45)(H,46,53)(H,47,49)(H,51,52)/t24-,28-,33?,35-,42-/m1/s1. The SMILES string of the molecule is C=C[C@@H]1C[C@]1(NC(=O)C1C[C@@H](Oc2cc(-c3csc(NC4CCCCC4)n3)nc3cc(OC)ccc23)CN1C(=O)[C@@H](NC(=O)OC1CCCC1)C(C)(C)C)C(=O)O. The zero-order valence-corrected chi connectivity index (χ0v) is 34.0. The van der Waals surface area contributed by atoms with E-state index in [0.29, 0.717) is 39.8 Å². The molecular weight excluding hydrogens is 749 g/mol. The number of nitrogens with one attached hydrogen (secondary N) is 3. The molecule has 3 aliphatic carbocycles. The number of hydrogen-bond donors (Lipinski definition) is 4. The van der Waals surface area contributed by atoms with Crippen molar-refractivity contribution >= 4 is 51.2 Å². The van der Waals surface area contributed by atoms with E-state index in [2.05, 4.69) is 22.5 Å². The third-order valence-corrected chi connectivity index (χ3v) is 12.6. The molecule has 5 atom stereocenters. The third kappa shape index (κ3) is 8.82. The number of methoxy groups -OCH3 is 1. The number of alkyl carbamates (subject to hydrolysis) is 1. The number of amides is 3. The highest BCUT2D eigenvalue weighted by Crippen LogP contribution is 2.45. The summed E-state index contributed by atoms with van der Waals surface area (Å²) in [5, 5.41) is 22.7. The maximum absolute atomic E-state index is 14.6. The van der Waals surface area contributed by atoms with Crippen molar-refractivity contribution in [2.45, 2.75) is 127 Å². The number of carboxylic acids is 1. The number of benzene rings is 1. The number of fused-ring (bicyclic) bond motifs is 1. The number of carboxylic acid groups (broad SMARTS) is 1. The summed E-state index contributed by atoms with van der Waals surface area (Å²) < 4.78 is 17.9. The van der Waals surface area contributed by atoms with Crippen LogP contribution in [0.1, 0.15) is 91.4 Å². The van der Waals surface area contributed by atoms with E-state index in [1.54, 1.807) is 7.11 Å². The van der Waals surface area contributed by atoms with Crippen molar-refractivity contribution in [1.82, 2.24) is 25.5 Å². The maximum Gasteiger partial charge on any atom is 0.408 e. The molecule has 3 heterocycles. The minimum absolute atomic E-state index is 0.00469. The van der Waals surface area contributed by atoms with E-state index < -0.39 is 58.9 Å². The largest absolute Gasteiger partial charge is 0.497 e. The van der Waals surface area contributed by atoms with Crippen LogP contribution in [0.15, 0.2) is 42.3 Å². The molecular formula is C42H54N6O8S. The lowest BCUT2D eigenvalue weighted by atomic mass is 9.85. The fraction of sp³-hybridized carbons (Fsp3) is 0.571. The molecule has 7 rings (SSSR count). The zero-order valence-electron chi connectivity index (χ0n) is 33.2. The summed E-state index contributed by atoms with van der Waals surface area (Å²) in [6.07, 6.45) is 9.57. The number of aliphatic carboxylic acids is 1. The van der Waals surface area contributed by atoms with Gasteiger partial charge in [0.05, 0.1) is 24.9 Å². The minimum atomic E-state index is -1.51. The van der Waals surface area contributed by atoms with E-state index >= 15 is 0 Å². The Hall–Kier alpha value is -4.92. The number of thiazole rings is 1. The first-order valence-electron chi connectivity index (χ1n) is 20.1. The second-order valence-corrected chi connectivity index (χ2v) is 17.8. The van der Waals surface area contributed by atoms with Crippen LogP contribution in [0.25, 0.3) is 22.3 Å². The molecule has 4 N–H and O–H groups in total. The highest BCUT2D eigenvalue weighted by molar-refractivity contribution is 7.14. The number of pyridine rings is 1. The number of rotatable bonds is 13. The molecule has 14 nitrogen and oxygen atoms in total. The number of ether oxygens (including phenoxy) is 3. The summed E-state index contributed by atoms with van der Waals surface area (Å²) in [6.45, 7) is 9.23. The Bertz CT molecular complexity index is 2000. The predicted octanol–water partition coefficient (Wildman–Crippen LogP) is 6.69. The van der Waals surface area contributed by atoms with Crippen molar-refractivity contribution in [3.63, 3.8) is 0 Å². The Kier molecular flexibility index (Phi) is 11.7. The van der Waals surface area contributed by atoms with Gasteiger partial charge in [-0.3, -0.25) is 9.59 Å². The number of likely N-dealkylation sites (tertiary alicyclic amines) is 1. The first-order valence-corrected chi connectivity index (χ1v) is 21.0. The van der Waals surface area contributed by atoms with Crippen LogP contribution in [0.5, 0.6) is 11.5 Å². The molecule has 0 bridgehead atoms. The minimum Gasteiger partial charge on any atom is -0.497 e. The lowest BCUT2D eigenvalue weighted by molar-refractivity contribution is -0.146. The van der Waals surface area contributed by atoms with Crippen molar-refractivity contribution in [3.8, 4) is 22.9 Å². The lowest BCUT2D eigenvalue weighted by Crippen LogP contribution is -2.59. The van der Waals surface area contributed by atoms with Crippen LogP contribution >= 0.6 is 11.3 Å². The van der Waals surface area contributed by atoms with Crippen LogP contribution in [0.3, 0.4) is 0 Å². The fourth-order valence-corrected chi connectivity index (χ4v) is 9.19. The maximum atomic E-state index is 14.6. The van der Waals surface area contributed by atoms with Gasteiger partial charge in [0.25, 0.3) is 0 Å². The molecule has 306 valence electrons. The molecule has 1 unspecified atom stereocenters. The van der Waals surface area contributed by atoms with Gasteiger partial charge in [-0.25, -0.2) is 19.6 Å². The van der Waals surface area contributed by atoms with Crippen molar-refractivity contribution in [1.29, 1.82) is 0 Å². The quantitative estimate of drug-likeness (QED) is 0.135. The summed E-state index contributed by atoms with van der Waals surface area (Å²) in [7, 11) is 1.59. The predicted molar refractivity (Wildman–Crippen MR) is 216 cm³/mol. The Morgan fingerprint density at radius 2 is 1.75 bits per heavy atom. The highest BCUT2D eigenvalue weighted by Gasteiger charge is 2.61. The first kappa shape index (κ1) is 40.3. The van der Waals surface area contributed by atoms with E-state index in [4.69, 9.17) is 24.2 Å². The van der Waals surface area contributed by atoms with E-state index in [9.17, 15) is 24.3 Å². The average Bonchev–Trinajstić information content (AvgIpc) is 3.60. The van der Waals surface area contributed by atoms with Crippen LogP contribution in [0.4, 0.5) is 9.93 Å². The second kappa shape index (κ2) is 16.5. The van der Waals surface area contributed by atoms with Gasteiger partial charge >= 0.3 is 12.1 Å². The number of aromatic nitrogens is 2. The Balaban J connectivity index is 1.18. The third-order valence-electron chi connectivity index (χ3n) is 11.8. The van der Waals surface area contributed by atoms with Gasteiger partial charge in [-0.2, -0.15) is 0 Å². The number of anilines is 1. The average molecular weight is 803 g/mol. The molecule has 0 radical (unpaired) electrons. The Labute approximate surface area is 337 Å². The van der Waals surface area contributed by atoms with Crippen LogP contribution in [-0.4, -0.2) is 93.4 Å². The summed E-state index contributed by atoms with van der Waals surface area (Å²) in [4.78, 5) is 65.6. The molecule has 3 amide bonds. The Morgan fingerprint density at radius 1 is 1.02 bits per heavy atom. The molecule has 1 aromatic carbocycles. The molecule has 3 aromatic rings. The molecule has 4 aliphatic rings. The lowest BCUT2D eigenvalue weighted by Gasteiger charge is -2.35. The van der Waals surface area contributed by atoms with Crippen LogP contribution in [0.2, 0.25) is 0 Å². The van der Waals surface area contributed by atoms with Crippen LogP contribution in [0, 0.1) is 11.3 Å². The van der Waals surface area contributed by atoms with E-state index in [1.807, 2.05) is 50.4 Å². The van der Waals surface area contributed by atoms with Crippen molar-refractivity contribution < 1.29 is 38.5 Å². The number of nitrogens with zero attached hydrogens (tertiary/aromatic N) is 3. The Morgan fingerprint density at radius 3 is 2.42 bits per heavy atom. The van der Waals surface area contributed by atoms with E-state index in [1.165, 1.54) is 41.6 Å². The van der Waals surface area contributed by atoms with Crippen molar-refractivity contribution in [2.75, 3.05) is 19.0 Å². The monoisotopic (exact) mass is 802 g/mol.